The van der Waals surface area contributed by atoms with Gasteiger partial charge in [0.05, 0.1) is 11.6 Å². The van der Waals surface area contributed by atoms with E-state index in [4.69, 9.17) is 20.8 Å². The number of ether oxygens (including phenoxy) is 1. The van der Waals surface area contributed by atoms with Gasteiger partial charge in [-0.05, 0) is 25.2 Å². The van der Waals surface area contributed by atoms with Gasteiger partial charge in [0.25, 0.3) is 0 Å². The van der Waals surface area contributed by atoms with Gasteiger partial charge in [0, 0.05) is 0 Å². The second kappa shape index (κ2) is 4.88. The van der Waals surface area contributed by atoms with E-state index in [9.17, 15) is 0 Å². The summed E-state index contributed by atoms with van der Waals surface area (Å²) in [6.07, 6.45) is 6.91. The third-order valence-corrected chi connectivity index (χ3v) is 3.10. The first-order valence-corrected chi connectivity index (χ1v) is 5.98. The molecule has 84 valence electrons. The van der Waals surface area contributed by atoms with E-state index in [2.05, 4.69) is 11.9 Å². The monoisotopic (exact) mass is 229 g/mol. The average Bonchev–Trinajstić information content (AvgIpc) is 2.65. The summed E-state index contributed by atoms with van der Waals surface area (Å²) in [5.41, 5.74) is 0.732. The summed E-state index contributed by atoms with van der Waals surface area (Å²) in [5, 5.41) is 0. The average molecular weight is 230 g/mol. The zero-order valence-corrected chi connectivity index (χ0v) is 9.67. The van der Waals surface area contributed by atoms with Crippen LogP contribution in [0.15, 0.2) is 10.7 Å². The van der Waals surface area contributed by atoms with Gasteiger partial charge in [0.15, 0.2) is 0 Å². The molecule has 1 aromatic heterocycles. The fourth-order valence-corrected chi connectivity index (χ4v) is 2.15. The molecule has 0 radical (unpaired) electrons. The molecule has 0 bridgehead atoms. The van der Waals surface area contributed by atoms with E-state index in [0.717, 1.165) is 24.5 Å². The third kappa shape index (κ3) is 2.88. The molecule has 1 heterocycles. The van der Waals surface area contributed by atoms with Crippen LogP contribution in [0.25, 0.3) is 0 Å². The minimum absolute atomic E-state index is 0.260. The van der Waals surface area contributed by atoms with E-state index < -0.39 is 0 Å². The number of alkyl halides is 1. The molecule has 1 fully saturated rings. The van der Waals surface area contributed by atoms with Crippen molar-refractivity contribution in [2.75, 3.05) is 0 Å². The minimum Gasteiger partial charge on any atom is -0.447 e. The van der Waals surface area contributed by atoms with E-state index in [0.29, 0.717) is 12.0 Å². The molecule has 0 saturated heterocycles. The Bertz CT molecular complexity index is 313. The Morgan fingerprint density at radius 2 is 2.47 bits per heavy atom. The molecule has 1 saturated carbocycles. The molecule has 3 nitrogen and oxygen atoms in total. The highest BCUT2D eigenvalue weighted by molar-refractivity contribution is 6.16. The number of rotatable bonds is 3. The molecule has 2 rings (SSSR count). The Labute approximate surface area is 94.8 Å². The lowest BCUT2D eigenvalue weighted by Gasteiger charge is -2.25. The van der Waals surface area contributed by atoms with Crippen molar-refractivity contribution in [3.63, 3.8) is 0 Å². The van der Waals surface area contributed by atoms with Crippen molar-refractivity contribution in [2.45, 2.75) is 44.6 Å². The van der Waals surface area contributed by atoms with E-state index in [1.807, 2.05) is 0 Å². The molecule has 15 heavy (non-hydrogen) atoms. The van der Waals surface area contributed by atoms with Gasteiger partial charge in [-0.1, -0.05) is 13.3 Å². The zero-order chi connectivity index (χ0) is 10.7. The van der Waals surface area contributed by atoms with Crippen LogP contribution in [0.4, 0.5) is 0 Å². The Hall–Kier alpha value is -0.700. The van der Waals surface area contributed by atoms with Gasteiger partial charge in [-0.2, -0.15) is 4.98 Å². The second-order valence-corrected chi connectivity index (χ2v) is 4.52. The predicted octanol–water partition coefficient (Wildman–Crippen LogP) is 3.37. The third-order valence-electron chi connectivity index (χ3n) is 2.82. The first-order valence-electron chi connectivity index (χ1n) is 5.45. The Morgan fingerprint density at radius 1 is 1.60 bits per heavy atom. The van der Waals surface area contributed by atoms with Crippen LogP contribution in [-0.4, -0.2) is 11.1 Å². The van der Waals surface area contributed by atoms with Gasteiger partial charge < -0.3 is 9.15 Å². The number of halogens is 1. The minimum atomic E-state index is 0.260. The van der Waals surface area contributed by atoms with E-state index in [-0.39, 0.29) is 6.10 Å². The molecule has 2 atom stereocenters. The largest absolute Gasteiger partial charge is 0.447 e. The summed E-state index contributed by atoms with van der Waals surface area (Å²) in [5.74, 6) is 1.11. The van der Waals surface area contributed by atoms with Gasteiger partial charge in [0.2, 0.25) is 0 Å². The molecule has 1 aliphatic carbocycles. The molecule has 4 heteroatoms. The summed E-state index contributed by atoms with van der Waals surface area (Å²) in [6.45, 7) is 2.26. The van der Waals surface area contributed by atoms with Gasteiger partial charge in [-0.15, -0.1) is 11.6 Å². The number of hydrogen-bond donors (Lipinski definition) is 0. The van der Waals surface area contributed by atoms with Crippen LogP contribution in [0, 0.1) is 5.92 Å². The summed E-state index contributed by atoms with van der Waals surface area (Å²) in [4.78, 5) is 4.13. The molecule has 1 aliphatic rings. The second-order valence-electron chi connectivity index (χ2n) is 4.25. The number of aromatic nitrogens is 1. The molecular weight excluding hydrogens is 214 g/mol. The molecular formula is C11H16ClNO2. The maximum Gasteiger partial charge on any atom is 0.394 e. The highest BCUT2D eigenvalue weighted by atomic mass is 35.5. The summed E-state index contributed by atoms with van der Waals surface area (Å²) in [7, 11) is 0. The Kier molecular flexibility index (Phi) is 3.52. The lowest BCUT2D eigenvalue weighted by atomic mass is 9.89. The van der Waals surface area contributed by atoms with E-state index >= 15 is 0 Å². The van der Waals surface area contributed by atoms with Crippen LogP contribution in [0.3, 0.4) is 0 Å². The van der Waals surface area contributed by atoms with Crippen molar-refractivity contribution in [1.29, 1.82) is 0 Å². The SMILES string of the molecule is CC1CCCC(Oc2nc(CCl)co2)C1. The van der Waals surface area contributed by atoms with Crippen molar-refractivity contribution in [3.8, 4) is 6.08 Å². The van der Waals surface area contributed by atoms with Crippen LogP contribution in [0.1, 0.15) is 38.3 Å². The predicted molar refractivity (Wildman–Crippen MR) is 58.1 cm³/mol. The lowest BCUT2D eigenvalue weighted by Crippen LogP contribution is -2.24. The van der Waals surface area contributed by atoms with Crippen molar-refractivity contribution in [3.05, 3.63) is 12.0 Å². The molecule has 1 aromatic rings. The van der Waals surface area contributed by atoms with Gasteiger partial charge in [-0.3, -0.25) is 0 Å². The summed E-state index contributed by atoms with van der Waals surface area (Å²) >= 11 is 5.63. The van der Waals surface area contributed by atoms with E-state index in [1.165, 1.54) is 12.8 Å². The smallest absolute Gasteiger partial charge is 0.394 e. The Balaban J connectivity index is 1.90. The van der Waals surface area contributed by atoms with Gasteiger partial charge in [-0.25, -0.2) is 0 Å². The normalized spacial score (nSPS) is 26.5. The fourth-order valence-electron chi connectivity index (χ4n) is 2.03. The zero-order valence-electron chi connectivity index (χ0n) is 8.91. The fraction of sp³-hybridized carbons (Fsp3) is 0.727. The summed E-state index contributed by atoms with van der Waals surface area (Å²) < 4.78 is 10.8. The maximum absolute atomic E-state index is 5.67. The molecule has 0 aliphatic heterocycles. The Morgan fingerprint density at radius 3 is 3.13 bits per heavy atom. The van der Waals surface area contributed by atoms with Crippen molar-refractivity contribution in [1.82, 2.24) is 4.98 Å². The maximum atomic E-state index is 5.67. The molecule has 0 amide bonds. The molecule has 0 aromatic carbocycles. The molecule has 2 unspecified atom stereocenters. The van der Waals surface area contributed by atoms with Crippen LogP contribution >= 0.6 is 11.6 Å². The number of hydrogen-bond acceptors (Lipinski definition) is 3. The molecule has 0 spiro atoms. The highest BCUT2D eigenvalue weighted by Gasteiger charge is 2.21. The molecule has 0 N–H and O–H groups in total. The highest BCUT2D eigenvalue weighted by Crippen LogP contribution is 2.27. The summed E-state index contributed by atoms with van der Waals surface area (Å²) in [6, 6.07) is 0. The van der Waals surface area contributed by atoms with Crippen molar-refractivity contribution in [2.24, 2.45) is 5.92 Å². The first kappa shape index (κ1) is 10.8. The van der Waals surface area contributed by atoms with Gasteiger partial charge in [0.1, 0.15) is 12.4 Å². The van der Waals surface area contributed by atoms with Crippen molar-refractivity contribution < 1.29 is 9.15 Å². The van der Waals surface area contributed by atoms with Crippen LogP contribution in [-0.2, 0) is 5.88 Å². The van der Waals surface area contributed by atoms with Crippen LogP contribution in [0.5, 0.6) is 6.08 Å². The number of nitrogens with zero attached hydrogens (tertiary/aromatic N) is 1. The standard InChI is InChI=1S/C11H16ClNO2/c1-8-3-2-4-10(5-8)15-11-13-9(6-12)7-14-11/h7-8,10H,2-6H2,1H3. The van der Waals surface area contributed by atoms with Crippen molar-refractivity contribution >= 4 is 11.6 Å². The quantitative estimate of drug-likeness (QED) is 0.746. The first-order chi connectivity index (χ1) is 7.28. The lowest BCUT2D eigenvalue weighted by molar-refractivity contribution is 0.0938. The van der Waals surface area contributed by atoms with Crippen LogP contribution < -0.4 is 4.74 Å². The van der Waals surface area contributed by atoms with E-state index in [1.54, 1.807) is 6.26 Å². The van der Waals surface area contributed by atoms with Crippen LogP contribution in [0.2, 0.25) is 0 Å². The topological polar surface area (TPSA) is 35.3 Å². The van der Waals surface area contributed by atoms with Gasteiger partial charge >= 0.3 is 6.08 Å². The number of oxazole rings is 1.